The number of allylic oxidation sites excluding steroid dienone is 2. The van der Waals surface area contributed by atoms with Gasteiger partial charge in [-0.3, -0.25) is 0 Å². The summed E-state index contributed by atoms with van der Waals surface area (Å²) in [5.74, 6) is 0.519. The molecular weight excluding hydrogens is 768 g/mol. The van der Waals surface area contributed by atoms with Crippen LogP contribution in [0.2, 0.25) is 13.1 Å². The Morgan fingerprint density at radius 2 is 0.750 bits per heavy atom. The van der Waals surface area contributed by atoms with E-state index in [1.165, 1.54) is 107 Å². The molecule has 2 atom stereocenters. The molecule has 4 aliphatic rings. The van der Waals surface area contributed by atoms with Crippen molar-refractivity contribution in [2.24, 2.45) is 11.8 Å². The molecule has 6 aromatic carbocycles. The van der Waals surface area contributed by atoms with Crippen molar-refractivity contribution in [2.75, 3.05) is 0 Å². The molecule has 2 saturated carbocycles. The zero-order chi connectivity index (χ0) is 37.6. The van der Waals surface area contributed by atoms with E-state index in [1.807, 2.05) is 0 Å². The number of benzene rings is 6. The third-order valence-electron chi connectivity index (χ3n) is 13.7. The van der Waals surface area contributed by atoms with Crippen LogP contribution in [-0.4, -0.2) is 5.92 Å². The Morgan fingerprint density at radius 1 is 0.429 bits per heavy atom. The van der Waals surface area contributed by atoms with Crippen molar-refractivity contribution in [3.05, 3.63) is 179 Å². The fourth-order valence-electron chi connectivity index (χ4n) is 10.6. The maximum absolute atomic E-state index is 2.78. The Bertz CT molecular complexity index is 2230. The molecule has 277 valence electrons. The van der Waals surface area contributed by atoms with Crippen molar-refractivity contribution < 1.29 is 20.9 Å². The van der Waals surface area contributed by atoms with Crippen LogP contribution < -0.4 is 0 Å². The van der Waals surface area contributed by atoms with Gasteiger partial charge >= 0.3 is 346 Å². The van der Waals surface area contributed by atoms with Crippen LogP contribution in [0.4, 0.5) is 0 Å². The van der Waals surface area contributed by atoms with Crippen molar-refractivity contribution >= 4 is 18.1 Å². The Labute approximate surface area is 343 Å². The SMILES string of the molecule is C[SiH](C)[Zr]([CH]1C(CC2CCC2)=Cc2c(-c3ccccc3)ccc(-c3ccccc3)c21)[CH]1C(CC2CCC2)=Cc2c(-c3ccccc3)ccc(-c3ccccc3)c21. The van der Waals surface area contributed by atoms with Crippen molar-refractivity contribution in [1.29, 1.82) is 0 Å². The molecule has 0 radical (unpaired) electrons. The van der Waals surface area contributed by atoms with Gasteiger partial charge in [-0.2, -0.15) is 0 Å². The molecule has 4 aliphatic carbocycles. The van der Waals surface area contributed by atoms with E-state index in [-0.39, 0.29) is 0 Å². The third-order valence-corrected chi connectivity index (χ3v) is 35.4. The molecule has 0 aromatic heterocycles. The van der Waals surface area contributed by atoms with Crippen LogP contribution in [0.5, 0.6) is 0 Å². The summed E-state index contributed by atoms with van der Waals surface area (Å²) in [6, 6.07) is 55.4. The van der Waals surface area contributed by atoms with E-state index in [0.717, 1.165) is 11.8 Å². The second kappa shape index (κ2) is 15.7. The second-order valence-electron chi connectivity index (χ2n) is 17.4. The van der Waals surface area contributed by atoms with E-state index in [1.54, 1.807) is 22.3 Å². The number of rotatable bonds is 11. The van der Waals surface area contributed by atoms with Crippen molar-refractivity contribution in [1.82, 2.24) is 0 Å². The van der Waals surface area contributed by atoms with E-state index in [2.05, 4.69) is 171 Å². The molecular formula is C54H53SiZr. The molecule has 0 heterocycles. The summed E-state index contributed by atoms with van der Waals surface area (Å²) >= 11 is -2.52. The molecule has 0 spiro atoms. The van der Waals surface area contributed by atoms with Gasteiger partial charge in [-0.25, -0.2) is 0 Å². The van der Waals surface area contributed by atoms with E-state index in [0.29, 0.717) is 7.25 Å². The van der Waals surface area contributed by atoms with E-state index < -0.39 is 26.8 Å². The van der Waals surface area contributed by atoms with Gasteiger partial charge in [0, 0.05) is 0 Å². The van der Waals surface area contributed by atoms with Crippen molar-refractivity contribution in [3.63, 3.8) is 0 Å². The van der Waals surface area contributed by atoms with E-state index in [9.17, 15) is 0 Å². The monoisotopic (exact) mass is 819 g/mol. The normalized spacial score (nSPS) is 18.8. The van der Waals surface area contributed by atoms with Gasteiger partial charge in [-0.15, -0.1) is 0 Å². The molecule has 2 fully saturated rings. The minimum atomic E-state index is -2.52. The summed E-state index contributed by atoms with van der Waals surface area (Å²) in [5.41, 5.74) is 21.4. The molecule has 0 N–H and O–H groups in total. The third kappa shape index (κ3) is 6.66. The first-order chi connectivity index (χ1) is 27.6. The number of hydrogen-bond donors (Lipinski definition) is 0. The summed E-state index contributed by atoms with van der Waals surface area (Å²) in [7, 11) is 0. The summed E-state index contributed by atoms with van der Waals surface area (Å²) in [6.45, 7) is 5.55. The average molecular weight is 821 g/mol. The first-order valence-corrected chi connectivity index (χ1v) is 31.4. The fourth-order valence-corrected chi connectivity index (χ4v) is 33.4. The fraction of sp³-hybridized carbons (Fsp3) is 0.259. The topological polar surface area (TPSA) is 0 Å². The van der Waals surface area contributed by atoms with Gasteiger partial charge in [-0.05, 0) is 0 Å². The molecule has 0 bridgehead atoms. The Balaban J connectivity index is 1.24. The molecule has 2 unspecified atom stereocenters. The van der Waals surface area contributed by atoms with Gasteiger partial charge in [0.25, 0.3) is 0 Å². The first kappa shape index (κ1) is 36.3. The van der Waals surface area contributed by atoms with E-state index >= 15 is 0 Å². The molecule has 6 aromatic rings. The maximum atomic E-state index is 2.78. The molecule has 56 heavy (non-hydrogen) atoms. The van der Waals surface area contributed by atoms with Crippen LogP contribution in [0, 0.1) is 11.8 Å². The van der Waals surface area contributed by atoms with Gasteiger partial charge in [0.1, 0.15) is 0 Å². The van der Waals surface area contributed by atoms with Crippen LogP contribution in [-0.2, 0) is 20.9 Å². The molecule has 0 saturated heterocycles. The summed E-state index contributed by atoms with van der Waals surface area (Å²) in [4.78, 5) is 0. The molecule has 0 nitrogen and oxygen atoms in total. The molecule has 0 amide bonds. The predicted molar refractivity (Wildman–Crippen MR) is 239 cm³/mol. The van der Waals surface area contributed by atoms with Crippen molar-refractivity contribution in [2.45, 2.75) is 71.7 Å². The van der Waals surface area contributed by atoms with Crippen LogP contribution in [0.25, 0.3) is 56.7 Å². The van der Waals surface area contributed by atoms with Crippen LogP contribution in [0.15, 0.2) is 157 Å². The molecule has 10 rings (SSSR count). The summed E-state index contributed by atoms with van der Waals surface area (Å²) in [5, 5.41) is 0. The van der Waals surface area contributed by atoms with Crippen LogP contribution in [0.1, 0.15) is 80.9 Å². The first-order valence-electron chi connectivity index (χ1n) is 21.5. The van der Waals surface area contributed by atoms with Crippen molar-refractivity contribution in [3.8, 4) is 44.5 Å². The quantitative estimate of drug-likeness (QED) is 0.114. The zero-order valence-electron chi connectivity index (χ0n) is 33.1. The van der Waals surface area contributed by atoms with Crippen LogP contribution in [0.3, 0.4) is 0 Å². The average Bonchev–Trinajstić information content (AvgIpc) is 3.77. The second-order valence-corrected chi connectivity index (χ2v) is 37.5. The Kier molecular flexibility index (Phi) is 10.2. The van der Waals surface area contributed by atoms with Gasteiger partial charge < -0.3 is 0 Å². The molecule has 0 aliphatic heterocycles. The van der Waals surface area contributed by atoms with Gasteiger partial charge in [0.15, 0.2) is 0 Å². The van der Waals surface area contributed by atoms with E-state index in [4.69, 9.17) is 0 Å². The Hall–Kier alpha value is -4.10. The minimum absolute atomic E-state index is 0.586. The summed E-state index contributed by atoms with van der Waals surface area (Å²) in [6.07, 6.45) is 16.5. The predicted octanol–water partition coefficient (Wildman–Crippen LogP) is 14.9. The standard InChI is InChI=1S/2C26H23.C2H7Si.Zr/c2*1-3-10-21(11-4-1)23-14-15-24(22-12-5-2-6-13-22)26-18-20(17-25(23)26)16-19-8-7-9-19;1-3-2;/h2*1-6,10-15,17-19H,7-9,16H2;3H,1-2H3;. The molecule has 2 heteroatoms. The van der Waals surface area contributed by atoms with Gasteiger partial charge in [0.05, 0.1) is 0 Å². The number of hydrogen-bond acceptors (Lipinski definition) is 0. The van der Waals surface area contributed by atoms with Crippen LogP contribution >= 0.6 is 0 Å². The number of fused-ring (bicyclic) bond motifs is 2. The Morgan fingerprint density at radius 3 is 1.05 bits per heavy atom. The van der Waals surface area contributed by atoms with Gasteiger partial charge in [-0.1, -0.05) is 0 Å². The summed E-state index contributed by atoms with van der Waals surface area (Å²) < 4.78 is 1.17. The zero-order valence-corrected chi connectivity index (χ0v) is 36.7. The van der Waals surface area contributed by atoms with Gasteiger partial charge in [0.2, 0.25) is 0 Å².